The summed E-state index contributed by atoms with van der Waals surface area (Å²) >= 11 is 0. The molecule has 0 bridgehead atoms. The minimum Gasteiger partial charge on any atom is -0.394 e. The molecule has 0 aliphatic heterocycles. The topological polar surface area (TPSA) is 93.2 Å². The molecule has 1 amide bonds. The summed E-state index contributed by atoms with van der Waals surface area (Å²) in [6, 6.07) is 0. The number of nitrogens with zero attached hydrogens (tertiary/aromatic N) is 4. The van der Waals surface area contributed by atoms with E-state index in [4.69, 9.17) is 4.84 Å². The lowest BCUT2D eigenvalue weighted by Crippen LogP contribution is -2.56. The fourth-order valence-corrected chi connectivity index (χ4v) is 4.29. The molecule has 2 aromatic heterocycles. The van der Waals surface area contributed by atoms with Crippen LogP contribution in [-0.2, 0) is 6.42 Å². The normalized spacial score (nSPS) is 24.4. The predicted molar refractivity (Wildman–Crippen MR) is 89.7 cm³/mol. The molecule has 0 spiro atoms. The maximum atomic E-state index is 12.9. The van der Waals surface area contributed by atoms with Crippen molar-refractivity contribution in [1.29, 1.82) is 0 Å². The van der Waals surface area contributed by atoms with E-state index in [9.17, 15) is 9.90 Å². The predicted octanol–water partition coefficient (Wildman–Crippen LogP) is -0.0824. The molecule has 8 heteroatoms. The summed E-state index contributed by atoms with van der Waals surface area (Å²) in [6.45, 7) is -0.0268. The van der Waals surface area contributed by atoms with Crippen molar-refractivity contribution in [3.8, 4) is 5.82 Å². The van der Waals surface area contributed by atoms with Crippen LogP contribution < -0.4 is 14.9 Å². The summed E-state index contributed by atoms with van der Waals surface area (Å²) in [5, 5.41) is 17.3. The molecule has 3 aliphatic carbocycles. The van der Waals surface area contributed by atoms with Gasteiger partial charge in [0.15, 0.2) is 5.69 Å². The standard InChI is InChI=1S/C18H21N5O3/c1-26-22-6-5-19-14(9-22)23-16-12-7-11(12)8-13(16)15(21-23)17(25)20-18(10-24)3-2-4-18/h5-6,9,11-12,24H,2-4,7-8,10H2,1H3/p+1. The van der Waals surface area contributed by atoms with Gasteiger partial charge in [-0.3, -0.25) is 9.63 Å². The van der Waals surface area contributed by atoms with Crippen molar-refractivity contribution >= 4 is 5.91 Å². The zero-order valence-corrected chi connectivity index (χ0v) is 14.7. The molecule has 2 N–H and O–H groups in total. The molecule has 2 unspecified atom stereocenters. The Hall–Kier alpha value is -2.48. The Balaban J connectivity index is 1.53. The zero-order valence-electron chi connectivity index (χ0n) is 14.7. The van der Waals surface area contributed by atoms with E-state index in [1.807, 2.05) is 0 Å². The molecule has 5 rings (SSSR count). The monoisotopic (exact) mass is 356 g/mol. The number of aromatic nitrogens is 4. The van der Waals surface area contributed by atoms with Gasteiger partial charge in [0.25, 0.3) is 12.1 Å². The lowest BCUT2D eigenvalue weighted by atomic mass is 9.77. The summed E-state index contributed by atoms with van der Waals surface area (Å²) < 4.78 is 3.36. The molecule has 0 saturated heterocycles. The molecule has 2 heterocycles. The third-order valence-corrected chi connectivity index (χ3v) is 6.06. The van der Waals surface area contributed by atoms with Gasteiger partial charge in [-0.15, -0.1) is 0 Å². The molecule has 0 radical (unpaired) electrons. The van der Waals surface area contributed by atoms with Gasteiger partial charge in [0, 0.05) is 16.2 Å². The van der Waals surface area contributed by atoms with Crippen LogP contribution in [0.3, 0.4) is 0 Å². The van der Waals surface area contributed by atoms with E-state index in [2.05, 4.69) is 15.4 Å². The first-order chi connectivity index (χ1) is 12.6. The first-order valence-electron chi connectivity index (χ1n) is 9.11. The lowest BCUT2D eigenvalue weighted by molar-refractivity contribution is -0.885. The van der Waals surface area contributed by atoms with E-state index in [-0.39, 0.29) is 12.5 Å². The van der Waals surface area contributed by atoms with Crippen molar-refractivity contribution in [2.75, 3.05) is 13.7 Å². The maximum Gasteiger partial charge on any atom is 0.272 e. The number of carbonyl (C=O) groups is 1. The van der Waals surface area contributed by atoms with Gasteiger partial charge in [0.1, 0.15) is 7.11 Å². The fraction of sp³-hybridized carbons (Fsp3) is 0.556. The summed E-state index contributed by atoms with van der Waals surface area (Å²) in [4.78, 5) is 22.5. The highest BCUT2D eigenvalue weighted by molar-refractivity contribution is 5.95. The number of aliphatic hydroxyl groups is 1. The Kier molecular flexibility index (Phi) is 3.34. The molecule has 136 valence electrons. The minimum absolute atomic E-state index is 0.0268. The van der Waals surface area contributed by atoms with E-state index < -0.39 is 5.54 Å². The van der Waals surface area contributed by atoms with Gasteiger partial charge in [-0.05, 0) is 38.0 Å². The van der Waals surface area contributed by atoms with Gasteiger partial charge in [-0.1, -0.05) is 0 Å². The fourth-order valence-electron chi connectivity index (χ4n) is 4.29. The Morgan fingerprint density at radius 3 is 3.08 bits per heavy atom. The van der Waals surface area contributed by atoms with Crippen molar-refractivity contribution in [2.45, 2.75) is 43.6 Å². The Morgan fingerprint density at radius 1 is 1.54 bits per heavy atom. The van der Waals surface area contributed by atoms with Gasteiger partial charge in [0.05, 0.1) is 24.0 Å². The first-order valence-corrected chi connectivity index (χ1v) is 9.11. The minimum atomic E-state index is -0.473. The van der Waals surface area contributed by atoms with Gasteiger partial charge in [-0.2, -0.15) is 5.10 Å². The van der Waals surface area contributed by atoms with Gasteiger partial charge in [-0.25, -0.2) is 9.67 Å². The smallest absolute Gasteiger partial charge is 0.272 e. The van der Waals surface area contributed by atoms with Crippen molar-refractivity contribution < 1.29 is 19.5 Å². The quantitative estimate of drug-likeness (QED) is 0.731. The summed E-state index contributed by atoms with van der Waals surface area (Å²) in [5.41, 5.74) is 2.14. The highest BCUT2D eigenvalue weighted by atomic mass is 16.6. The highest BCUT2D eigenvalue weighted by Crippen LogP contribution is 2.57. The average molecular weight is 356 g/mol. The molecule has 26 heavy (non-hydrogen) atoms. The summed E-state index contributed by atoms with van der Waals surface area (Å²) in [6.07, 6.45) is 9.83. The van der Waals surface area contributed by atoms with Crippen LogP contribution in [0.2, 0.25) is 0 Å². The number of fused-ring (bicyclic) bond motifs is 3. The summed E-state index contributed by atoms with van der Waals surface area (Å²) in [7, 11) is 1.58. The summed E-state index contributed by atoms with van der Waals surface area (Å²) in [5.74, 6) is 1.53. The van der Waals surface area contributed by atoms with Crippen LogP contribution in [0.25, 0.3) is 5.82 Å². The van der Waals surface area contributed by atoms with Gasteiger partial charge >= 0.3 is 0 Å². The van der Waals surface area contributed by atoms with Crippen molar-refractivity contribution in [2.24, 2.45) is 5.92 Å². The van der Waals surface area contributed by atoms with Crippen LogP contribution in [0.5, 0.6) is 0 Å². The highest BCUT2D eigenvalue weighted by Gasteiger charge is 2.51. The van der Waals surface area contributed by atoms with Crippen molar-refractivity contribution in [1.82, 2.24) is 20.1 Å². The zero-order chi connectivity index (χ0) is 17.9. The second kappa shape index (κ2) is 5.51. The average Bonchev–Trinajstić information content (AvgIpc) is 3.13. The first kappa shape index (κ1) is 15.7. The number of rotatable bonds is 5. The SMILES string of the molecule is CO[n+]1ccnc(-n2nc(C(=O)NC3(CO)CCC3)c3c2C2CC2C3)c1. The Labute approximate surface area is 150 Å². The van der Waals surface area contributed by atoms with E-state index in [1.54, 1.807) is 35.1 Å². The van der Waals surface area contributed by atoms with Gasteiger partial charge < -0.3 is 10.4 Å². The Morgan fingerprint density at radius 2 is 2.38 bits per heavy atom. The third kappa shape index (κ3) is 2.25. The van der Waals surface area contributed by atoms with Gasteiger partial charge in [0.2, 0.25) is 12.0 Å². The van der Waals surface area contributed by atoms with Crippen molar-refractivity contribution in [3.63, 3.8) is 0 Å². The van der Waals surface area contributed by atoms with Crippen LogP contribution >= 0.6 is 0 Å². The number of carbonyl (C=O) groups excluding carboxylic acids is 1. The number of aliphatic hydroxyl groups excluding tert-OH is 1. The van der Waals surface area contributed by atoms with E-state index in [0.717, 1.165) is 43.4 Å². The number of amides is 1. The molecular formula is C18H22N5O3+. The molecular weight excluding hydrogens is 334 g/mol. The third-order valence-electron chi connectivity index (χ3n) is 6.06. The number of hydrogen-bond donors (Lipinski definition) is 2. The van der Waals surface area contributed by atoms with Crippen LogP contribution in [0.4, 0.5) is 0 Å². The largest absolute Gasteiger partial charge is 0.394 e. The van der Waals surface area contributed by atoms with Crippen LogP contribution in [0.15, 0.2) is 18.6 Å². The van der Waals surface area contributed by atoms with E-state index in [0.29, 0.717) is 23.3 Å². The second-order valence-electron chi connectivity index (χ2n) is 7.63. The van der Waals surface area contributed by atoms with Crippen LogP contribution in [0, 0.1) is 5.92 Å². The van der Waals surface area contributed by atoms with E-state index in [1.165, 1.54) is 0 Å². The Bertz CT molecular complexity index is 883. The lowest BCUT2D eigenvalue weighted by Gasteiger charge is -2.40. The molecule has 3 aliphatic rings. The second-order valence-corrected chi connectivity index (χ2v) is 7.63. The van der Waals surface area contributed by atoms with E-state index >= 15 is 0 Å². The number of hydrogen-bond acceptors (Lipinski definition) is 5. The molecule has 2 atom stereocenters. The molecule has 2 saturated carbocycles. The van der Waals surface area contributed by atoms with Crippen LogP contribution in [0.1, 0.15) is 53.3 Å². The molecule has 8 nitrogen and oxygen atoms in total. The van der Waals surface area contributed by atoms with Crippen LogP contribution in [-0.4, -0.2) is 45.0 Å². The number of nitrogens with one attached hydrogen (secondary N) is 1. The molecule has 2 aromatic rings. The maximum absolute atomic E-state index is 12.9. The molecule has 0 aromatic carbocycles. The van der Waals surface area contributed by atoms with Crippen molar-refractivity contribution in [3.05, 3.63) is 35.5 Å². The molecule has 2 fully saturated rings.